The number of hydrogen-bond donors (Lipinski definition) is 2. The molecule has 2 aromatic carbocycles. The largest absolute Gasteiger partial charge is 0.350 e. The molecule has 0 saturated heterocycles. The van der Waals surface area contributed by atoms with Crippen LogP contribution in [0.25, 0.3) is 6.08 Å². The minimum Gasteiger partial charge on any atom is -0.350 e. The molecule has 3 aromatic rings. The van der Waals surface area contributed by atoms with Gasteiger partial charge in [-0.25, -0.2) is 4.39 Å². The van der Waals surface area contributed by atoms with Crippen molar-refractivity contribution in [2.75, 3.05) is 12.3 Å². The van der Waals surface area contributed by atoms with E-state index in [1.165, 1.54) is 29.2 Å². The maximum Gasteiger partial charge on any atom is 0.267 e. The number of halogens is 1. The van der Waals surface area contributed by atoms with E-state index in [4.69, 9.17) is 0 Å². The molecule has 0 aliphatic rings. The summed E-state index contributed by atoms with van der Waals surface area (Å²) in [5.41, 5.74) is 2.19. The van der Waals surface area contributed by atoms with Gasteiger partial charge < -0.3 is 10.6 Å². The van der Waals surface area contributed by atoms with E-state index in [1.54, 1.807) is 36.4 Å². The Hall–Kier alpha value is -2.90. The van der Waals surface area contributed by atoms with Crippen LogP contribution in [-0.2, 0) is 10.5 Å². The molecule has 1 heterocycles. The van der Waals surface area contributed by atoms with Gasteiger partial charge in [0.15, 0.2) is 0 Å². The summed E-state index contributed by atoms with van der Waals surface area (Å²) in [6.45, 7) is 2.25. The van der Waals surface area contributed by atoms with Crippen LogP contribution in [0.2, 0.25) is 0 Å². The van der Waals surface area contributed by atoms with Crippen molar-refractivity contribution in [1.29, 1.82) is 0 Å². The molecule has 0 aliphatic carbocycles. The van der Waals surface area contributed by atoms with Gasteiger partial charge in [0.1, 0.15) is 11.5 Å². The number of thiophene rings is 1. The SMILES string of the molecule is Cc1ccccc1C(=O)N/C(=C\c1cccs1)C(=O)NCCSCc1ccccc1F. The molecule has 4 nitrogen and oxygen atoms in total. The van der Waals surface area contributed by atoms with Crippen LogP contribution < -0.4 is 10.6 Å². The lowest BCUT2D eigenvalue weighted by molar-refractivity contribution is -0.117. The van der Waals surface area contributed by atoms with Crippen molar-refractivity contribution in [3.8, 4) is 0 Å². The van der Waals surface area contributed by atoms with Crippen LogP contribution in [0.3, 0.4) is 0 Å². The molecule has 0 radical (unpaired) electrons. The summed E-state index contributed by atoms with van der Waals surface area (Å²) in [5, 5.41) is 7.49. The average Bonchev–Trinajstić information content (AvgIpc) is 3.27. The molecular weight excluding hydrogens is 431 g/mol. The molecule has 7 heteroatoms. The van der Waals surface area contributed by atoms with Crippen molar-refractivity contribution >= 4 is 41.0 Å². The topological polar surface area (TPSA) is 58.2 Å². The van der Waals surface area contributed by atoms with E-state index < -0.39 is 0 Å². The molecule has 3 rings (SSSR count). The Labute approximate surface area is 189 Å². The first-order chi connectivity index (χ1) is 15.0. The van der Waals surface area contributed by atoms with E-state index in [-0.39, 0.29) is 23.3 Å². The summed E-state index contributed by atoms with van der Waals surface area (Å²) >= 11 is 3.01. The second-order valence-electron chi connectivity index (χ2n) is 6.74. The Balaban J connectivity index is 1.59. The number of thioether (sulfide) groups is 1. The van der Waals surface area contributed by atoms with E-state index in [2.05, 4.69) is 10.6 Å². The highest BCUT2D eigenvalue weighted by Crippen LogP contribution is 2.16. The van der Waals surface area contributed by atoms with Crippen LogP contribution in [0.4, 0.5) is 4.39 Å². The van der Waals surface area contributed by atoms with Gasteiger partial charge in [0, 0.05) is 28.5 Å². The second-order valence-corrected chi connectivity index (χ2v) is 8.83. The fraction of sp³-hybridized carbons (Fsp3) is 0.167. The molecule has 0 bridgehead atoms. The Morgan fingerprint density at radius 1 is 1.06 bits per heavy atom. The first-order valence-electron chi connectivity index (χ1n) is 9.76. The predicted molar refractivity (Wildman–Crippen MR) is 127 cm³/mol. The molecule has 160 valence electrons. The quantitative estimate of drug-likeness (QED) is 0.353. The molecule has 0 spiro atoms. The molecule has 2 N–H and O–H groups in total. The van der Waals surface area contributed by atoms with Crippen LogP contribution in [0.5, 0.6) is 0 Å². The van der Waals surface area contributed by atoms with Gasteiger partial charge in [-0.15, -0.1) is 11.3 Å². The Bertz CT molecular complexity index is 1060. The molecule has 0 saturated carbocycles. The molecule has 0 fully saturated rings. The number of nitrogens with one attached hydrogen (secondary N) is 2. The van der Waals surface area contributed by atoms with Crippen molar-refractivity contribution in [2.45, 2.75) is 12.7 Å². The first-order valence-corrected chi connectivity index (χ1v) is 11.8. The molecular formula is C24H23FN2O2S2. The van der Waals surface area contributed by atoms with Gasteiger partial charge in [0.05, 0.1) is 0 Å². The molecule has 1 aromatic heterocycles. The number of aryl methyl sites for hydroxylation is 1. The third-order valence-electron chi connectivity index (χ3n) is 4.46. The maximum atomic E-state index is 13.7. The third-order valence-corrected chi connectivity index (χ3v) is 6.29. The zero-order valence-corrected chi connectivity index (χ0v) is 18.7. The Morgan fingerprint density at radius 3 is 2.58 bits per heavy atom. The molecule has 0 unspecified atom stereocenters. The van der Waals surface area contributed by atoms with Crippen LogP contribution in [-0.4, -0.2) is 24.1 Å². The lowest BCUT2D eigenvalue weighted by atomic mass is 10.1. The van der Waals surface area contributed by atoms with Crippen molar-refractivity contribution < 1.29 is 14.0 Å². The average molecular weight is 455 g/mol. The summed E-state index contributed by atoms with van der Waals surface area (Å²) in [6.07, 6.45) is 1.67. The first kappa shape index (κ1) is 22.8. The molecule has 0 atom stereocenters. The minimum absolute atomic E-state index is 0.190. The normalized spacial score (nSPS) is 11.2. The lowest BCUT2D eigenvalue weighted by Crippen LogP contribution is -2.36. The number of carbonyl (C=O) groups is 2. The van der Waals surface area contributed by atoms with E-state index >= 15 is 0 Å². The second kappa shape index (κ2) is 11.5. The van der Waals surface area contributed by atoms with E-state index in [0.717, 1.165) is 10.4 Å². The van der Waals surface area contributed by atoms with E-state index in [1.807, 2.05) is 36.6 Å². The smallest absolute Gasteiger partial charge is 0.267 e. The number of hydrogen-bond acceptors (Lipinski definition) is 4. The molecule has 0 aliphatic heterocycles. The van der Waals surface area contributed by atoms with Gasteiger partial charge in [0.25, 0.3) is 11.8 Å². The molecule has 31 heavy (non-hydrogen) atoms. The van der Waals surface area contributed by atoms with Gasteiger partial charge in [-0.05, 0) is 47.7 Å². The monoisotopic (exact) mass is 454 g/mol. The fourth-order valence-corrected chi connectivity index (χ4v) is 4.32. The van der Waals surface area contributed by atoms with Crippen LogP contribution >= 0.6 is 23.1 Å². The van der Waals surface area contributed by atoms with Gasteiger partial charge in [0.2, 0.25) is 0 Å². The summed E-state index contributed by atoms with van der Waals surface area (Å²) in [5.74, 6) is 0.244. The standard InChI is InChI=1S/C24H23FN2O2S2/c1-17-7-2-4-10-20(17)23(28)27-22(15-19-9-6-13-31-19)24(29)26-12-14-30-16-18-8-3-5-11-21(18)25/h2-11,13,15H,12,14,16H2,1H3,(H,26,29)(H,27,28)/b22-15-. The Kier molecular flexibility index (Phi) is 8.44. The summed E-state index contributed by atoms with van der Waals surface area (Å²) in [4.78, 5) is 26.3. The lowest BCUT2D eigenvalue weighted by Gasteiger charge is -2.12. The minimum atomic E-state index is -0.359. The van der Waals surface area contributed by atoms with Gasteiger partial charge in [-0.2, -0.15) is 11.8 Å². The number of rotatable bonds is 9. The van der Waals surface area contributed by atoms with Crippen molar-refractivity contribution in [3.05, 3.63) is 99.1 Å². The highest BCUT2D eigenvalue weighted by molar-refractivity contribution is 7.98. The van der Waals surface area contributed by atoms with E-state index in [9.17, 15) is 14.0 Å². The van der Waals surface area contributed by atoms with Crippen molar-refractivity contribution in [3.63, 3.8) is 0 Å². The zero-order valence-electron chi connectivity index (χ0n) is 17.1. The fourth-order valence-electron chi connectivity index (χ4n) is 2.82. The van der Waals surface area contributed by atoms with Crippen molar-refractivity contribution in [1.82, 2.24) is 10.6 Å². The van der Waals surface area contributed by atoms with Gasteiger partial charge in [-0.3, -0.25) is 9.59 Å². The van der Waals surface area contributed by atoms with Crippen LogP contribution in [0, 0.1) is 12.7 Å². The zero-order chi connectivity index (χ0) is 22.1. The van der Waals surface area contributed by atoms with E-state index in [0.29, 0.717) is 29.2 Å². The number of benzene rings is 2. The molecule has 2 amide bonds. The number of carbonyl (C=O) groups excluding carboxylic acids is 2. The van der Waals surface area contributed by atoms with Gasteiger partial charge in [-0.1, -0.05) is 42.5 Å². The number of amides is 2. The maximum absolute atomic E-state index is 13.7. The summed E-state index contributed by atoms with van der Waals surface area (Å²) in [6, 6.07) is 17.7. The highest BCUT2D eigenvalue weighted by Gasteiger charge is 2.16. The Morgan fingerprint density at radius 2 is 1.84 bits per heavy atom. The van der Waals surface area contributed by atoms with Gasteiger partial charge >= 0.3 is 0 Å². The van der Waals surface area contributed by atoms with Crippen LogP contribution in [0.1, 0.15) is 26.4 Å². The highest BCUT2D eigenvalue weighted by atomic mass is 32.2. The summed E-state index contributed by atoms with van der Waals surface area (Å²) in [7, 11) is 0. The van der Waals surface area contributed by atoms with Crippen molar-refractivity contribution in [2.24, 2.45) is 0 Å². The summed E-state index contributed by atoms with van der Waals surface area (Å²) < 4.78 is 13.7. The third kappa shape index (κ3) is 6.80. The van der Waals surface area contributed by atoms with Crippen LogP contribution in [0.15, 0.2) is 71.7 Å². The predicted octanol–water partition coefficient (Wildman–Crippen LogP) is 5.02.